The van der Waals surface area contributed by atoms with Gasteiger partial charge in [-0.3, -0.25) is 4.79 Å². The Balaban J connectivity index is 1.41. The molecule has 178 valence electrons. The molecule has 1 saturated heterocycles. The van der Waals surface area contributed by atoms with Crippen LogP contribution in [0.4, 0.5) is 15.8 Å². The zero-order valence-corrected chi connectivity index (χ0v) is 19.3. The molecule has 3 heterocycles. The predicted octanol–water partition coefficient (Wildman–Crippen LogP) is 4.43. The summed E-state index contributed by atoms with van der Waals surface area (Å²) in [7, 11) is 2.09. The van der Waals surface area contributed by atoms with Crippen molar-refractivity contribution in [1.82, 2.24) is 19.9 Å². The van der Waals surface area contributed by atoms with Gasteiger partial charge in [-0.25, -0.2) is 14.4 Å². The van der Waals surface area contributed by atoms with Crippen molar-refractivity contribution in [2.45, 2.75) is 0 Å². The molecular formula is C26H25FN6O2. The molecule has 0 bridgehead atoms. The van der Waals surface area contributed by atoms with Crippen molar-refractivity contribution in [1.29, 1.82) is 0 Å². The van der Waals surface area contributed by atoms with Gasteiger partial charge in [0.05, 0.1) is 11.1 Å². The van der Waals surface area contributed by atoms with Crippen LogP contribution < -0.4 is 15.0 Å². The van der Waals surface area contributed by atoms with E-state index < -0.39 is 0 Å². The Morgan fingerprint density at radius 2 is 1.97 bits per heavy atom. The van der Waals surface area contributed by atoms with Crippen LogP contribution in [0.25, 0.3) is 22.3 Å². The predicted molar refractivity (Wildman–Crippen MR) is 134 cm³/mol. The number of hydrogen-bond donors (Lipinski definition) is 2. The number of ether oxygens (including phenoxy) is 1. The summed E-state index contributed by atoms with van der Waals surface area (Å²) in [5.74, 6) is 0.174. The third-order valence-electron chi connectivity index (χ3n) is 6.00. The van der Waals surface area contributed by atoms with E-state index >= 15 is 4.39 Å². The van der Waals surface area contributed by atoms with Crippen molar-refractivity contribution >= 4 is 28.3 Å². The van der Waals surface area contributed by atoms with Gasteiger partial charge in [-0.05, 0) is 49.5 Å². The molecule has 9 heteroatoms. The molecule has 0 saturated carbocycles. The number of aromatic amines is 1. The molecule has 5 rings (SSSR count). The molecule has 35 heavy (non-hydrogen) atoms. The normalized spacial score (nSPS) is 14.2. The van der Waals surface area contributed by atoms with E-state index in [1.807, 2.05) is 6.07 Å². The van der Waals surface area contributed by atoms with Crippen LogP contribution in [0.3, 0.4) is 0 Å². The first-order valence-electron chi connectivity index (χ1n) is 11.3. The van der Waals surface area contributed by atoms with Crippen LogP contribution >= 0.6 is 0 Å². The lowest BCUT2D eigenvalue weighted by atomic mass is 10.1. The largest absolute Gasteiger partial charge is 0.438 e. The average Bonchev–Trinajstić information content (AvgIpc) is 3.30. The number of nitrogens with zero attached hydrogens (tertiary/aromatic N) is 4. The Morgan fingerprint density at radius 1 is 1.14 bits per heavy atom. The van der Waals surface area contributed by atoms with Gasteiger partial charge in [-0.2, -0.15) is 0 Å². The van der Waals surface area contributed by atoms with Crippen LogP contribution in [-0.2, 0) is 4.79 Å². The van der Waals surface area contributed by atoms with E-state index in [9.17, 15) is 4.79 Å². The lowest BCUT2D eigenvalue weighted by Gasteiger charge is -2.34. The summed E-state index contributed by atoms with van der Waals surface area (Å²) < 4.78 is 21.1. The van der Waals surface area contributed by atoms with Gasteiger partial charge in [0, 0.05) is 49.2 Å². The number of hydrogen-bond acceptors (Lipinski definition) is 6. The quantitative estimate of drug-likeness (QED) is 0.404. The Labute approximate surface area is 202 Å². The van der Waals surface area contributed by atoms with E-state index in [-0.39, 0.29) is 11.7 Å². The molecule has 0 atom stereocenters. The molecule has 2 N–H and O–H groups in total. The number of anilines is 2. The standard InChI is InChI=1S/C26H25FN6O2/c1-3-24(34)30-17-5-4-6-19(13-17)35-26-21-15-23(31-25(21)28-16-29-26)20-8-7-18(14-22(20)27)33-11-9-32(2)10-12-33/h3-8,13-16H,1,9-12H2,2H3,(H,30,34)(H,28,29,31). The molecule has 0 aliphatic carbocycles. The number of nitrogens with one attached hydrogen (secondary N) is 2. The van der Waals surface area contributed by atoms with Crippen molar-refractivity contribution in [2.24, 2.45) is 0 Å². The van der Waals surface area contributed by atoms with Crippen LogP contribution in [0.15, 0.2) is 67.5 Å². The molecule has 0 radical (unpaired) electrons. The molecule has 1 aliphatic heterocycles. The minimum absolute atomic E-state index is 0.311. The van der Waals surface area contributed by atoms with Crippen LogP contribution in [0.1, 0.15) is 0 Å². The summed E-state index contributed by atoms with van der Waals surface area (Å²) in [6.07, 6.45) is 2.58. The second-order valence-corrected chi connectivity index (χ2v) is 8.40. The van der Waals surface area contributed by atoms with Gasteiger partial charge >= 0.3 is 0 Å². The molecule has 0 unspecified atom stereocenters. The molecule has 2 aromatic heterocycles. The van der Waals surface area contributed by atoms with Crippen LogP contribution in [-0.4, -0.2) is 59.0 Å². The number of fused-ring (bicyclic) bond motifs is 1. The average molecular weight is 473 g/mol. The summed E-state index contributed by atoms with van der Waals surface area (Å²) in [6, 6.07) is 14.0. The highest BCUT2D eigenvalue weighted by atomic mass is 19.1. The van der Waals surface area contributed by atoms with E-state index in [1.54, 1.807) is 42.5 Å². The molecule has 1 amide bonds. The Bertz CT molecular complexity index is 1390. The van der Waals surface area contributed by atoms with Gasteiger partial charge in [-0.1, -0.05) is 12.6 Å². The number of carbonyl (C=O) groups is 1. The number of likely N-dealkylation sites (N-methyl/N-ethyl adjacent to an activating group) is 1. The number of rotatable bonds is 6. The summed E-state index contributed by atoms with van der Waals surface area (Å²) in [5, 5.41) is 3.31. The number of halogens is 1. The third kappa shape index (κ3) is 4.85. The minimum atomic E-state index is -0.317. The van der Waals surface area contributed by atoms with Gasteiger partial charge < -0.3 is 24.8 Å². The highest BCUT2D eigenvalue weighted by Crippen LogP contribution is 2.33. The Morgan fingerprint density at radius 3 is 2.74 bits per heavy atom. The smallest absolute Gasteiger partial charge is 0.247 e. The summed E-state index contributed by atoms with van der Waals surface area (Å²) >= 11 is 0. The van der Waals surface area contributed by atoms with E-state index in [1.165, 1.54) is 12.4 Å². The van der Waals surface area contributed by atoms with Crippen LogP contribution in [0.5, 0.6) is 11.6 Å². The zero-order valence-electron chi connectivity index (χ0n) is 19.3. The highest BCUT2D eigenvalue weighted by Gasteiger charge is 2.18. The number of piperazine rings is 1. The van der Waals surface area contributed by atoms with Gasteiger partial charge in [0.1, 0.15) is 23.5 Å². The van der Waals surface area contributed by atoms with Gasteiger partial charge in [0.2, 0.25) is 11.8 Å². The monoisotopic (exact) mass is 472 g/mol. The number of benzene rings is 2. The Hall–Kier alpha value is -4.24. The van der Waals surface area contributed by atoms with Gasteiger partial charge in [-0.15, -0.1) is 0 Å². The first-order valence-corrected chi connectivity index (χ1v) is 11.3. The lowest BCUT2D eigenvalue weighted by molar-refractivity contribution is -0.111. The molecule has 4 aromatic rings. The first kappa shape index (κ1) is 22.5. The number of aromatic nitrogens is 3. The molecule has 8 nitrogen and oxygen atoms in total. The number of carbonyl (C=O) groups excluding carboxylic acids is 1. The van der Waals surface area contributed by atoms with Crippen LogP contribution in [0.2, 0.25) is 0 Å². The molecular weight excluding hydrogens is 447 g/mol. The highest BCUT2D eigenvalue weighted by molar-refractivity contribution is 5.99. The van der Waals surface area contributed by atoms with Crippen molar-refractivity contribution < 1.29 is 13.9 Å². The molecule has 1 aliphatic rings. The molecule has 2 aromatic carbocycles. The topological polar surface area (TPSA) is 86.4 Å². The van der Waals surface area contributed by atoms with E-state index in [0.29, 0.717) is 39.6 Å². The second kappa shape index (κ2) is 9.55. The third-order valence-corrected chi connectivity index (χ3v) is 6.00. The van der Waals surface area contributed by atoms with Crippen molar-refractivity contribution in [2.75, 3.05) is 43.4 Å². The number of H-pyrrole nitrogens is 1. The van der Waals surface area contributed by atoms with Crippen molar-refractivity contribution in [3.05, 3.63) is 73.3 Å². The maximum atomic E-state index is 15.2. The molecule has 0 spiro atoms. The van der Waals surface area contributed by atoms with Gasteiger partial charge in [0.15, 0.2) is 0 Å². The lowest BCUT2D eigenvalue weighted by Crippen LogP contribution is -2.44. The van der Waals surface area contributed by atoms with Gasteiger partial charge in [0.25, 0.3) is 0 Å². The number of amides is 1. The van der Waals surface area contributed by atoms with Crippen LogP contribution in [0, 0.1) is 5.82 Å². The Kier molecular flexibility index (Phi) is 6.15. The second-order valence-electron chi connectivity index (χ2n) is 8.40. The minimum Gasteiger partial charge on any atom is -0.438 e. The zero-order chi connectivity index (χ0) is 24.4. The van der Waals surface area contributed by atoms with E-state index in [2.05, 4.69) is 43.7 Å². The fraction of sp³-hybridized carbons (Fsp3) is 0.192. The maximum Gasteiger partial charge on any atom is 0.247 e. The van der Waals surface area contributed by atoms with E-state index in [0.717, 1.165) is 31.9 Å². The van der Waals surface area contributed by atoms with Crippen molar-refractivity contribution in [3.63, 3.8) is 0 Å². The fourth-order valence-electron chi connectivity index (χ4n) is 4.07. The molecule has 1 fully saturated rings. The van der Waals surface area contributed by atoms with Crippen molar-refractivity contribution in [3.8, 4) is 22.9 Å². The maximum absolute atomic E-state index is 15.2. The SMILES string of the molecule is C=CC(=O)Nc1cccc(Oc2ncnc3[nH]c(-c4ccc(N5CCN(C)CC5)cc4F)cc23)c1. The summed E-state index contributed by atoms with van der Waals surface area (Å²) in [5.41, 5.74) is 3.00. The summed E-state index contributed by atoms with van der Waals surface area (Å²) in [6.45, 7) is 7.10. The first-order chi connectivity index (χ1) is 17.0. The fourth-order valence-corrected chi connectivity index (χ4v) is 4.07. The summed E-state index contributed by atoms with van der Waals surface area (Å²) in [4.78, 5) is 27.7. The van der Waals surface area contributed by atoms with E-state index in [4.69, 9.17) is 4.74 Å².